The molecule has 0 bridgehead atoms. The fourth-order valence-corrected chi connectivity index (χ4v) is 2.22. The molecule has 146 valence electrons. The van der Waals surface area contributed by atoms with Gasteiger partial charge in [-0.2, -0.15) is 39.5 Å². The predicted molar refractivity (Wildman–Crippen MR) is 75.4 cm³/mol. The fourth-order valence-electron chi connectivity index (χ4n) is 2.22. The van der Waals surface area contributed by atoms with Gasteiger partial charge in [0, 0.05) is 5.56 Å². The van der Waals surface area contributed by atoms with Crippen LogP contribution in [0.4, 0.5) is 39.5 Å². The van der Waals surface area contributed by atoms with Gasteiger partial charge in [-0.3, -0.25) is 4.79 Å². The third-order valence-corrected chi connectivity index (χ3v) is 3.47. The zero-order valence-electron chi connectivity index (χ0n) is 12.9. The molecule has 0 aliphatic heterocycles. The van der Waals surface area contributed by atoms with Gasteiger partial charge in [-0.15, -0.1) is 0 Å². The fraction of sp³-hybridized carbons (Fsp3) is 0.188. The molecule has 0 spiro atoms. The van der Waals surface area contributed by atoms with Crippen LogP contribution in [0.2, 0.25) is 0 Å². The maximum atomic E-state index is 13.0. The standard InChI is InChI=1S/C16H8F9NO/c17-14(18,19)10-2-7(1-9(5-10)13(26)27)8-3-11(15(20,21)22)6-12(4-8)16(23,24)25/h1-6H,(H2,26,27). The summed E-state index contributed by atoms with van der Waals surface area (Å²) in [5, 5.41) is 0. The number of hydrogen-bond donors (Lipinski definition) is 1. The smallest absolute Gasteiger partial charge is 0.366 e. The average Bonchev–Trinajstić information content (AvgIpc) is 2.51. The average molecular weight is 401 g/mol. The normalized spacial score (nSPS) is 12.9. The van der Waals surface area contributed by atoms with E-state index in [0.29, 0.717) is 18.2 Å². The second-order valence-corrected chi connectivity index (χ2v) is 5.46. The van der Waals surface area contributed by atoms with Gasteiger partial charge in [0.1, 0.15) is 0 Å². The molecule has 0 radical (unpaired) electrons. The molecule has 2 rings (SSSR count). The maximum Gasteiger partial charge on any atom is 0.416 e. The van der Waals surface area contributed by atoms with Gasteiger partial charge in [-0.1, -0.05) is 0 Å². The monoisotopic (exact) mass is 401 g/mol. The molecule has 2 nitrogen and oxygen atoms in total. The minimum atomic E-state index is -5.18. The number of rotatable bonds is 2. The number of carbonyl (C=O) groups is 1. The maximum absolute atomic E-state index is 13.0. The quantitative estimate of drug-likeness (QED) is 0.663. The van der Waals surface area contributed by atoms with Gasteiger partial charge in [0.05, 0.1) is 16.7 Å². The zero-order valence-corrected chi connectivity index (χ0v) is 12.9. The lowest BCUT2D eigenvalue weighted by Crippen LogP contribution is -2.14. The highest BCUT2D eigenvalue weighted by atomic mass is 19.4. The van der Waals surface area contributed by atoms with Crippen LogP contribution in [0.5, 0.6) is 0 Å². The molecule has 0 heterocycles. The first-order valence-electron chi connectivity index (χ1n) is 6.91. The number of primary amides is 1. The Hall–Kier alpha value is -2.72. The molecule has 27 heavy (non-hydrogen) atoms. The number of halogens is 9. The number of hydrogen-bond acceptors (Lipinski definition) is 1. The van der Waals surface area contributed by atoms with Crippen molar-refractivity contribution < 1.29 is 44.3 Å². The van der Waals surface area contributed by atoms with Crippen LogP contribution < -0.4 is 5.73 Å². The molecule has 2 aromatic rings. The third kappa shape index (κ3) is 4.72. The van der Waals surface area contributed by atoms with Crippen LogP contribution >= 0.6 is 0 Å². The number of alkyl halides is 9. The number of nitrogens with two attached hydrogens (primary N) is 1. The van der Waals surface area contributed by atoms with Crippen molar-refractivity contribution in [2.45, 2.75) is 18.5 Å². The van der Waals surface area contributed by atoms with Gasteiger partial charge in [0.2, 0.25) is 5.91 Å². The van der Waals surface area contributed by atoms with Crippen molar-refractivity contribution in [1.82, 2.24) is 0 Å². The van der Waals surface area contributed by atoms with E-state index >= 15 is 0 Å². The van der Waals surface area contributed by atoms with Crippen LogP contribution in [0.15, 0.2) is 36.4 Å². The highest BCUT2D eigenvalue weighted by molar-refractivity contribution is 5.94. The van der Waals surface area contributed by atoms with E-state index in [2.05, 4.69) is 0 Å². The Balaban J connectivity index is 2.80. The Kier molecular flexibility index (Phi) is 4.93. The van der Waals surface area contributed by atoms with Gasteiger partial charge in [-0.05, 0) is 47.5 Å². The summed E-state index contributed by atoms with van der Waals surface area (Å²) in [4.78, 5) is 11.2. The van der Waals surface area contributed by atoms with Crippen LogP contribution in [0.3, 0.4) is 0 Å². The zero-order chi connectivity index (χ0) is 20.8. The SMILES string of the molecule is NC(=O)c1cc(-c2cc(C(F)(F)F)cc(C(F)(F)F)c2)cc(C(F)(F)F)c1. The highest BCUT2D eigenvalue weighted by Gasteiger charge is 2.37. The summed E-state index contributed by atoms with van der Waals surface area (Å²) in [6.45, 7) is 0. The Morgan fingerprint density at radius 1 is 0.593 bits per heavy atom. The van der Waals surface area contributed by atoms with Crippen LogP contribution in [0, 0.1) is 0 Å². The van der Waals surface area contributed by atoms with Gasteiger partial charge in [0.15, 0.2) is 0 Å². The molecule has 0 aliphatic rings. The molecular weight excluding hydrogens is 393 g/mol. The second kappa shape index (κ2) is 6.46. The molecular formula is C16H8F9NO. The summed E-state index contributed by atoms with van der Waals surface area (Å²) in [6, 6.07) is 1.73. The van der Waals surface area contributed by atoms with Gasteiger partial charge in [0.25, 0.3) is 0 Å². The minimum absolute atomic E-state index is 0.161. The molecule has 1 amide bonds. The summed E-state index contributed by atoms with van der Waals surface area (Å²) >= 11 is 0. The van der Waals surface area contributed by atoms with Crippen LogP contribution in [0.1, 0.15) is 27.0 Å². The van der Waals surface area contributed by atoms with Crippen LogP contribution in [-0.2, 0) is 18.5 Å². The van der Waals surface area contributed by atoms with Crippen molar-refractivity contribution in [3.05, 3.63) is 58.7 Å². The van der Waals surface area contributed by atoms with Gasteiger partial charge >= 0.3 is 18.5 Å². The van der Waals surface area contributed by atoms with Crippen LogP contribution in [-0.4, -0.2) is 5.91 Å². The molecule has 0 fully saturated rings. The number of carbonyl (C=O) groups excluding carboxylic acids is 1. The van der Waals surface area contributed by atoms with Crippen molar-refractivity contribution in [1.29, 1.82) is 0 Å². The number of benzene rings is 2. The van der Waals surface area contributed by atoms with Crippen molar-refractivity contribution in [3.63, 3.8) is 0 Å². The van der Waals surface area contributed by atoms with Crippen molar-refractivity contribution in [2.24, 2.45) is 5.73 Å². The summed E-state index contributed by atoms with van der Waals surface area (Å²) < 4.78 is 116. The van der Waals surface area contributed by atoms with Crippen molar-refractivity contribution in [2.75, 3.05) is 0 Å². The molecule has 2 aromatic carbocycles. The lowest BCUT2D eigenvalue weighted by Gasteiger charge is -2.16. The Labute approximate surface area is 145 Å². The summed E-state index contributed by atoms with van der Waals surface area (Å²) in [6.07, 6.45) is -15.4. The Morgan fingerprint density at radius 2 is 0.926 bits per heavy atom. The van der Waals surface area contributed by atoms with E-state index in [1.165, 1.54) is 0 Å². The van der Waals surface area contributed by atoms with E-state index < -0.39 is 57.8 Å². The minimum Gasteiger partial charge on any atom is -0.366 e. The molecule has 0 aliphatic carbocycles. The van der Waals surface area contributed by atoms with Gasteiger partial charge in [-0.25, -0.2) is 0 Å². The first-order valence-corrected chi connectivity index (χ1v) is 6.91. The summed E-state index contributed by atoms with van der Waals surface area (Å²) in [5.41, 5.74) is -2.13. The molecule has 0 unspecified atom stereocenters. The van der Waals surface area contributed by atoms with Crippen molar-refractivity contribution in [3.8, 4) is 11.1 Å². The highest BCUT2D eigenvalue weighted by Crippen LogP contribution is 2.40. The molecule has 0 saturated carbocycles. The third-order valence-electron chi connectivity index (χ3n) is 3.47. The predicted octanol–water partition coefficient (Wildman–Crippen LogP) is 5.51. The largest absolute Gasteiger partial charge is 0.416 e. The lowest BCUT2D eigenvalue weighted by atomic mass is 9.95. The van der Waals surface area contributed by atoms with E-state index in [0.717, 1.165) is 0 Å². The van der Waals surface area contributed by atoms with E-state index in [1.54, 1.807) is 0 Å². The van der Waals surface area contributed by atoms with Crippen LogP contribution in [0.25, 0.3) is 11.1 Å². The first-order chi connectivity index (χ1) is 12.1. The first kappa shape index (κ1) is 20.6. The van der Waals surface area contributed by atoms with E-state index in [1.807, 2.05) is 0 Å². The molecule has 2 N–H and O–H groups in total. The molecule has 0 atom stereocenters. The van der Waals surface area contributed by atoms with E-state index in [4.69, 9.17) is 5.73 Å². The Bertz CT molecular complexity index is 847. The van der Waals surface area contributed by atoms with E-state index in [9.17, 15) is 44.3 Å². The molecule has 0 aromatic heterocycles. The summed E-state index contributed by atoms with van der Waals surface area (Å²) in [7, 11) is 0. The molecule has 0 saturated heterocycles. The van der Waals surface area contributed by atoms with Crippen molar-refractivity contribution >= 4 is 5.91 Å². The lowest BCUT2D eigenvalue weighted by molar-refractivity contribution is -0.143. The second-order valence-electron chi connectivity index (χ2n) is 5.46. The number of amides is 1. The molecule has 11 heteroatoms. The van der Waals surface area contributed by atoms with E-state index in [-0.39, 0.29) is 18.2 Å². The topological polar surface area (TPSA) is 43.1 Å². The van der Waals surface area contributed by atoms with Gasteiger partial charge < -0.3 is 5.73 Å². The summed E-state index contributed by atoms with van der Waals surface area (Å²) in [5.74, 6) is -1.33. The Morgan fingerprint density at radius 3 is 1.26 bits per heavy atom.